The number of carboxylic acids is 1. The number of nitrogens with two attached hydrogens (primary N) is 1. The van der Waals surface area contributed by atoms with Crippen LogP contribution in [0.3, 0.4) is 0 Å². The predicted octanol–water partition coefficient (Wildman–Crippen LogP) is 1.91. The molecule has 0 aliphatic rings. The number of nitrogens with one attached hydrogen (secondary N) is 1. The third-order valence-electron chi connectivity index (χ3n) is 3.10. The van der Waals surface area contributed by atoms with Crippen LogP contribution in [0.1, 0.15) is 19.4 Å². The summed E-state index contributed by atoms with van der Waals surface area (Å²) in [5.74, 6) is -0.243. The van der Waals surface area contributed by atoms with E-state index in [0.29, 0.717) is 6.61 Å². The molecule has 0 amide bonds. The molecule has 0 bridgehead atoms. The van der Waals surface area contributed by atoms with Crippen molar-refractivity contribution in [2.75, 3.05) is 6.61 Å². The second kappa shape index (κ2) is 4.93. The maximum absolute atomic E-state index is 11.1. The number of hydrogen-bond acceptors (Lipinski definition) is 3. The van der Waals surface area contributed by atoms with Gasteiger partial charge in [-0.3, -0.25) is 4.79 Å². The van der Waals surface area contributed by atoms with Crippen molar-refractivity contribution in [1.82, 2.24) is 4.98 Å². The minimum atomic E-state index is -1.28. The molecule has 1 aromatic heterocycles. The zero-order valence-corrected chi connectivity index (χ0v) is 11.1. The number of fused-ring (bicyclic) bond motifs is 1. The fourth-order valence-corrected chi connectivity index (χ4v) is 2.03. The van der Waals surface area contributed by atoms with Crippen molar-refractivity contribution in [2.45, 2.75) is 25.8 Å². The molecule has 0 aliphatic heterocycles. The first-order valence-corrected chi connectivity index (χ1v) is 6.19. The number of aliphatic carboxylic acids is 1. The molecule has 1 atom stereocenters. The number of benzene rings is 1. The molecule has 0 saturated carbocycles. The minimum Gasteiger partial charge on any atom is -0.494 e. The Morgan fingerprint density at radius 3 is 2.89 bits per heavy atom. The highest BCUT2D eigenvalue weighted by Crippen LogP contribution is 2.26. The van der Waals surface area contributed by atoms with E-state index < -0.39 is 11.5 Å². The normalized spacial score (nSPS) is 14.3. The standard InChI is InChI=1S/C14H18N2O3/c1-3-19-10-4-5-12-11(6-10)9(8-16-12)7-14(2,15)13(17)18/h4-6,8,16H,3,7,15H2,1-2H3,(H,17,18). The average Bonchev–Trinajstić information content (AvgIpc) is 2.72. The smallest absolute Gasteiger partial charge is 0.323 e. The van der Waals surface area contributed by atoms with E-state index in [1.807, 2.05) is 25.1 Å². The Hall–Kier alpha value is -2.01. The second-order valence-electron chi connectivity index (χ2n) is 4.85. The van der Waals surface area contributed by atoms with Crippen LogP contribution in [0.4, 0.5) is 0 Å². The zero-order chi connectivity index (χ0) is 14.0. The monoisotopic (exact) mass is 262 g/mol. The van der Waals surface area contributed by atoms with Crippen LogP contribution in [0.5, 0.6) is 5.75 Å². The van der Waals surface area contributed by atoms with Crippen LogP contribution in [0.15, 0.2) is 24.4 Å². The van der Waals surface area contributed by atoms with Crippen LogP contribution in [0.25, 0.3) is 10.9 Å². The van der Waals surface area contributed by atoms with Gasteiger partial charge in [0.1, 0.15) is 11.3 Å². The minimum absolute atomic E-state index is 0.262. The molecule has 0 spiro atoms. The highest BCUT2D eigenvalue weighted by atomic mass is 16.5. The molecule has 1 unspecified atom stereocenters. The average molecular weight is 262 g/mol. The molecule has 5 heteroatoms. The summed E-state index contributed by atoms with van der Waals surface area (Å²) in [6.45, 7) is 4.03. The van der Waals surface area contributed by atoms with E-state index in [9.17, 15) is 4.79 Å². The summed E-state index contributed by atoms with van der Waals surface area (Å²) in [6.07, 6.45) is 2.06. The van der Waals surface area contributed by atoms with Crippen LogP contribution in [-0.4, -0.2) is 28.2 Å². The number of aromatic nitrogens is 1. The molecule has 0 saturated heterocycles. The van der Waals surface area contributed by atoms with Gasteiger partial charge < -0.3 is 20.6 Å². The maximum atomic E-state index is 11.1. The van der Waals surface area contributed by atoms with Crippen molar-refractivity contribution in [3.05, 3.63) is 30.0 Å². The molecule has 4 N–H and O–H groups in total. The number of rotatable bonds is 5. The molecular formula is C14H18N2O3. The number of carboxylic acid groups (broad SMARTS) is 1. The van der Waals surface area contributed by atoms with Gasteiger partial charge >= 0.3 is 5.97 Å². The molecule has 5 nitrogen and oxygen atoms in total. The van der Waals surface area contributed by atoms with Crippen molar-refractivity contribution >= 4 is 16.9 Å². The maximum Gasteiger partial charge on any atom is 0.323 e. The van der Waals surface area contributed by atoms with E-state index in [4.69, 9.17) is 15.6 Å². The quantitative estimate of drug-likeness (QED) is 0.768. The number of ether oxygens (including phenoxy) is 1. The first kappa shape index (κ1) is 13.4. The third kappa shape index (κ3) is 2.71. The predicted molar refractivity (Wildman–Crippen MR) is 73.4 cm³/mol. The Balaban J connectivity index is 2.38. The molecule has 1 aromatic carbocycles. The van der Waals surface area contributed by atoms with Gasteiger partial charge in [-0.2, -0.15) is 0 Å². The van der Waals surface area contributed by atoms with Crippen molar-refractivity contribution in [3.8, 4) is 5.75 Å². The summed E-state index contributed by atoms with van der Waals surface area (Å²) in [6, 6.07) is 5.70. The van der Waals surface area contributed by atoms with E-state index in [1.54, 1.807) is 6.20 Å². The number of hydrogen-bond donors (Lipinski definition) is 3. The van der Waals surface area contributed by atoms with Gasteiger partial charge in [-0.05, 0) is 37.6 Å². The summed E-state index contributed by atoms with van der Waals surface area (Å²) >= 11 is 0. The van der Waals surface area contributed by atoms with E-state index in [0.717, 1.165) is 22.2 Å². The topological polar surface area (TPSA) is 88.3 Å². The van der Waals surface area contributed by atoms with Gasteiger partial charge in [0.15, 0.2) is 0 Å². The molecule has 0 aliphatic carbocycles. The Morgan fingerprint density at radius 2 is 2.26 bits per heavy atom. The Kier molecular flexibility index (Phi) is 3.48. The van der Waals surface area contributed by atoms with Crippen LogP contribution in [0, 0.1) is 0 Å². The van der Waals surface area contributed by atoms with E-state index in [-0.39, 0.29) is 6.42 Å². The highest BCUT2D eigenvalue weighted by Gasteiger charge is 2.29. The summed E-state index contributed by atoms with van der Waals surface area (Å²) in [4.78, 5) is 14.2. The number of H-pyrrole nitrogens is 1. The fourth-order valence-electron chi connectivity index (χ4n) is 2.03. The third-order valence-corrected chi connectivity index (χ3v) is 3.10. The van der Waals surface area contributed by atoms with Gasteiger partial charge in [0.05, 0.1) is 6.61 Å². The summed E-state index contributed by atoms with van der Waals surface area (Å²) in [5.41, 5.74) is 6.34. The Morgan fingerprint density at radius 1 is 1.53 bits per heavy atom. The van der Waals surface area contributed by atoms with E-state index in [1.165, 1.54) is 6.92 Å². The molecule has 102 valence electrons. The van der Waals surface area contributed by atoms with Crippen LogP contribution < -0.4 is 10.5 Å². The van der Waals surface area contributed by atoms with Crippen molar-refractivity contribution < 1.29 is 14.6 Å². The van der Waals surface area contributed by atoms with Gasteiger partial charge in [0.2, 0.25) is 0 Å². The SMILES string of the molecule is CCOc1ccc2[nH]cc(CC(C)(N)C(=O)O)c2c1. The molecule has 1 heterocycles. The van der Waals surface area contributed by atoms with Gasteiger partial charge in [-0.15, -0.1) is 0 Å². The number of aromatic amines is 1. The second-order valence-corrected chi connectivity index (χ2v) is 4.85. The lowest BCUT2D eigenvalue weighted by atomic mass is 9.94. The van der Waals surface area contributed by atoms with Gasteiger partial charge in [-0.1, -0.05) is 0 Å². The van der Waals surface area contributed by atoms with Crippen LogP contribution >= 0.6 is 0 Å². The lowest BCUT2D eigenvalue weighted by molar-refractivity contribution is -0.142. The summed E-state index contributed by atoms with van der Waals surface area (Å²) in [7, 11) is 0. The van der Waals surface area contributed by atoms with Gasteiger partial charge in [0.25, 0.3) is 0 Å². The molecule has 2 rings (SSSR count). The number of carbonyl (C=O) groups is 1. The molecule has 0 fully saturated rings. The summed E-state index contributed by atoms with van der Waals surface area (Å²) in [5, 5.41) is 10.0. The molecule has 0 radical (unpaired) electrons. The molecule has 19 heavy (non-hydrogen) atoms. The van der Waals surface area contributed by atoms with Crippen molar-refractivity contribution in [3.63, 3.8) is 0 Å². The van der Waals surface area contributed by atoms with Gasteiger partial charge in [0, 0.05) is 23.5 Å². The zero-order valence-electron chi connectivity index (χ0n) is 11.1. The lowest BCUT2D eigenvalue weighted by Gasteiger charge is -2.18. The van der Waals surface area contributed by atoms with E-state index in [2.05, 4.69) is 4.98 Å². The fraction of sp³-hybridized carbons (Fsp3) is 0.357. The lowest BCUT2D eigenvalue weighted by Crippen LogP contribution is -2.46. The van der Waals surface area contributed by atoms with Crippen LogP contribution in [0.2, 0.25) is 0 Å². The van der Waals surface area contributed by atoms with Crippen molar-refractivity contribution in [1.29, 1.82) is 0 Å². The summed E-state index contributed by atoms with van der Waals surface area (Å²) < 4.78 is 5.45. The molecule has 2 aromatic rings. The molecular weight excluding hydrogens is 244 g/mol. The highest BCUT2D eigenvalue weighted by molar-refractivity contribution is 5.86. The first-order chi connectivity index (χ1) is 8.94. The van der Waals surface area contributed by atoms with E-state index >= 15 is 0 Å². The first-order valence-electron chi connectivity index (χ1n) is 6.19. The van der Waals surface area contributed by atoms with Crippen LogP contribution in [-0.2, 0) is 11.2 Å². The Labute approximate surface area is 111 Å². The van der Waals surface area contributed by atoms with Gasteiger partial charge in [-0.25, -0.2) is 0 Å². The largest absolute Gasteiger partial charge is 0.494 e. The Bertz CT molecular complexity index is 602. The van der Waals surface area contributed by atoms with Crippen molar-refractivity contribution in [2.24, 2.45) is 5.73 Å².